The topological polar surface area (TPSA) is 486 Å². The second kappa shape index (κ2) is 61.7. The summed E-state index contributed by atoms with van der Waals surface area (Å²) in [6.45, 7) is 69.7. The molecule has 0 amide bonds. The fourth-order valence-corrected chi connectivity index (χ4v) is 15.8. The molecule has 22 atom stereocenters. The van der Waals surface area contributed by atoms with E-state index in [1.54, 1.807) is 0 Å². The van der Waals surface area contributed by atoms with Gasteiger partial charge in [-0.05, 0) is 211 Å². The van der Waals surface area contributed by atoms with E-state index < -0.39 is 75.6 Å². The van der Waals surface area contributed by atoms with Crippen molar-refractivity contribution in [1.82, 2.24) is 0 Å². The fraction of sp³-hybridized carbons (Fsp3) is 0.951. The van der Waals surface area contributed by atoms with E-state index in [1.807, 2.05) is 27.7 Å². The van der Waals surface area contributed by atoms with E-state index in [1.165, 1.54) is 0 Å². The van der Waals surface area contributed by atoms with Gasteiger partial charge in [-0.2, -0.15) is 0 Å². The summed E-state index contributed by atoms with van der Waals surface area (Å²) in [5.41, 5.74) is -6.47. The fourth-order valence-electron chi connectivity index (χ4n) is 15.8. The van der Waals surface area contributed by atoms with Gasteiger partial charge in [-0.1, -0.05) is 222 Å². The molecule has 0 aromatic heterocycles. The molecule has 12 aliphatic rings. The van der Waals surface area contributed by atoms with Gasteiger partial charge in [0.15, 0.2) is 56.6 Å². The Hall–Kier alpha value is -2.53. The standard InChI is InChI=1S/C14H24O6.7C7H12O3.7C5H12.2C2H6/c15-7-9-3-1-5-13(9)11(17)20-14(12(18)19-13)6-2-4-10(14)8-16;2*8-6-7(9)3-1-2-5(7)4-10-6;5*8-4-6-2-1-3-7(6,10)5-9;7*1-5(2,3)4;2*1-2/h9-12,15-18H,1-8H2;2*5-6,8-9H,1-4H2;5*5-6,8,10H,1-4H2;7*1-4H3;2*1-2H3/t9-,10-,11?,12?,13+,14+;2*5-,6?,7+;4*6-,7-;;;;;;;;;;/m1111111........../s1. The molecule has 2 spiro atoms. The Kier molecular flexibility index (Phi) is 64.6. The first-order valence-electron chi connectivity index (χ1n) is 48.6. The lowest BCUT2D eigenvalue weighted by molar-refractivity contribution is -0.418. The molecule has 0 aromatic rings. The largest absolute Gasteiger partial charge is 0.396 e. The van der Waals surface area contributed by atoms with Crippen LogP contribution in [0.25, 0.3) is 0 Å². The van der Waals surface area contributed by atoms with Crippen LogP contribution in [0.2, 0.25) is 0 Å². The summed E-state index contributed by atoms with van der Waals surface area (Å²) in [6, 6.07) is 0. The number of rotatable bonds is 12. The minimum atomic E-state index is -1.23. The summed E-state index contributed by atoms with van der Waals surface area (Å²) >= 11 is 0. The molecule has 12 fully saturated rings. The van der Waals surface area contributed by atoms with Crippen LogP contribution >= 0.6 is 0 Å². The molecular weight excluding hydrogens is 1660 g/mol. The number of aliphatic hydroxyl groups is 18. The highest BCUT2D eigenvalue weighted by Gasteiger charge is 2.64. The van der Waals surface area contributed by atoms with Crippen LogP contribution in [0, 0.1) is 91.2 Å². The molecule has 3 aliphatic heterocycles. The highest BCUT2D eigenvalue weighted by molar-refractivity contribution is 5.65. The predicted octanol–water partition coefficient (Wildman–Crippen LogP) is 14.4. The molecule has 3 saturated heterocycles. The van der Waals surface area contributed by atoms with Crippen molar-refractivity contribution in [3.8, 4) is 0 Å². The third-order valence-electron chi connectivity index (χ3n) is 22.3. The Morgan fingerprint density at radius 1 is 0.240 bits per heavy atom. The zero-order chi connectivity index (χ0) is 102. The molecule has 27 nitrogen and oxygen atoms in total. The molecule has 18 N–H and O–H groups in total. The average Bonchev–Trinajstić information content (AvgIpc) is 1.63. The first-order valence-corrected chi connectivity index (χ1v) is 48.6. The molecule has 9 aliphatic carbocycles. The Balaban J connectivity index is -0.000000433. The van der Waals surface area contributed by atoms with Gasteiger partial charge in [-0.3, -0.25) is 0 Å². The van der Waals surface area contributed by atoms with Gasteiger partial charge >= 0.3 is 0 Å². The Morgan fingerprint density at radius 2 is 0.388 bits per heavy atom. The normalized spacial score (nSPS) is 35.2. The van der Waals surface area contributed by atoms with Gasteiger partial charge in [-0.15, -0.1) is 0 Å². The van der Waals surface area contributed by atoms with E-state index >= 15 is 0 Å². The number of aldehydes is 5. The lowest BCUT2D eigenvalue weighted by Crippen LogP contribution is -2.66. The summed E-state index contributed by atoms with van der Waals surface area (Å²) in [5, 5.41) is 168. The molecule has 774 valence electrons. The van der Waals surface area contributed by atoms with E-state index in [4.69, 9.17) is 44.5 Å². The summed E-state index contributed by atoms with van der Waals surface area (Å²) in [5.74, 6) is -1.24. The predicted molar refractivity (Wildman–Crippen MR) is 513 cm³/mol. The summed E-state index contributed by atoms with van der Waals surface area (Å²) in [7, 11) is 0. The van der Waals surface area contributed by atoms with Gasteiger partial charge < -0.3 is 135 Å². The number of hydrogen-bond acceptors (Lipinski definition) is 27. The summed E-state index contributed by atoms with van der Waals surface area (Å²) in [4.78, 5) is 51.7. The van der Waals surface area contributed by atoms with Crippen molar-refractivity contribution in [3.63, 3.8) is 0 Å². The number of ether oxygens (including phenoxy) is 4. The lowest BCUT2D eigenvalue weighted by atomic mass is 9.84. The molecule has 27 heteroatoms. The van der Waals surface area contributed by atoms with Gasteiger partial charge in [-0.25, -0.2) is 0 Å². The number of aliphatic hydroxyl groups excluding tert-OH is 11. The van der Waals surface area contributed by atoms with Crippen molar-refractivity contribution in [2.75, 3.05) is 59.5 Å². The maximum absolute atomic E-state index is 10.5. The van der Waals surface area contributed by atoms with E-state index in [9.17, 15) is 90.4 Å². The quantitative estimate of drug-likeness (QED) is 0.0807. The van der Waals surface area contributed by atoms with Crippen molar-refractivity contribution < 1.29 is 135 Å². The SMILES string of the molecule is CC.CC.CC(C)(C)C.CC(C)(C)C.CC(C)(C)C.CC(C)(C)C.CC(C)(C)C.CC(C)(C)C.CC(C)(C)C.O=CC1(O)CCCC1CO.O=C[C@]1(O)CCC[C@@H]1CO.O=C[C@]1(O)CCC[C@@H]1CO.O=C[C@]1(O)CCC[C@@H]1CO.O=C[C@]1(O)CCC[C@@H]1CO.OC1OC[C@H]2CCC[C@@]12O.OC1OC[C@H]2CCC[C@@]12O.OC[C@H]1CCC[C@]12OC(O)[C@@]1(CCC[C@@H]1CO)OC2O. The molecule has 12 rings (SSSR count). The molecule has 0 radical (unpaired) electrons. The summed E-state index contributed by atoms with van der Waals surface area (Å²) < 4.78 is 21.5. The maximum atomic E-state index is 10.5. The highest BCUT2D eigenvalue weighted by atomic mass is 16.7. The first kappa shape index (κ1) is 135. The van der Waals surface area contributed by atoms with Crippen molar-refractivity contribution in [1.29, 1.82) is 0 Å². The van der Waals surface area contributed by atoms with Crippen molar-refractivity contribution in [2.45, 2.75) is 470 Å². The maximum Gasteiger partial charge on any atom is 0.185 e. The number of fused-ring (bicyclic) bond motifs is 2. The minimum absolute atomic E-state index is 0.0881. The molecule has 9 saturated carbocycles. The molecule has 0 bridgehead atoms. The second-order valence-corrected chi connectivity index (χ2v) is 48.3. The van der Waals surface area contributed by atoms with Gasteiger partial charge in [0.25, 0.3) is 0 Å². The van der Waals surface area contributed by atoms with Gasteiger partial charge in [0, 0.05) is 99.5 Å². The van der Waals surface area contributed by atoms with E-state index in [0.29, 0.717) is 140 Å². The van der Waals surface area contributed by atoms with Gasteiger partial charge in [0.1, 0.15) is 50.4 Å². The first-order chi connectivity index (χ1) is 58.7. The molecule has 3 heterocycles. The Labute approximate surface area is 783 Å². The van der Waals surface area contributed by atoms with Crippen molar-refractivity contribution in [2.24, 2.45) is 91.2 Å². The van der Waals surface area contributed by atoms with Crippen LogP contribution in [0.3, 0.4) is 0 Å². The van der Waals surface area contributed by atoms with Crippen LogP contribution in [0.1, 0.15) is 395 Å². The lowest BCUT2D eigenvalue weighted by Gasteiger charge is -2.53. The van der Waals surface area contributed by atoms with Gasteiger partial charge in [0.2, 0.25) is 0 Å². The van der Waals surface area contributed by atoms with E-state index in [0.717, 1.165) is 116 Å². The van der Waals surface area contributed by atoms with Gasteiger partial charge in [0.05, 0.1) is 13.2 Å². The number of hydrogen-bond donors (Lipinski definition) is 18. The second-order valence-electron chi connectivity index (χ2n) is 48.3. The third-order valence-corrected chi connectivity index (χ3v) is 22.3. The molecule has 0 aromatic carbocycles. The van der Waals surface area contributed by atoms with Crippen LogP contribution in [0.5, 0.6) is 0 Å². The molecule has 129 heavy (non-hydrogen) atoms. The highest BCUT2D eigenvalue weighted by Crippen LogP contribution is 2.53. The van der Waals surface area contributed by atoms with Crippen molar-refractivity contribution >= 4 is 31.4 Å². The van der Waals surface area contributed by atoms with Crippen LogP contribution in [0.4, 0.5) is 0 Å². The van der Waals surface area contributed by atoms with E-state index in [-0.39, 0.29) is 99.5 Å². The van der Waals surface area contributed by atoms with Crippen LogP contribution in [0.15, 0.2) is 0 Å². The van der Waals surface area contributed by atoms with Crippen LogP contribution in [-0.2, 0) is 42.9 Å². The van der Waals surface area contributed by atoms with Crippen LogP contribution < -0.4 is 0 Å². The summed E-state index contributed by atoms with van der Waals surface area (Å²) in [6.07, 6.45) is 18.7. The monoisotopic (exact) mass is 1860 g/mol. The zero-order valence-electron chi connectivity index (χ0n) is 87.6. The number of carbonyl (C=O) groups excluding carboxylic acids is 5. The smallest absolute Gasteiger partial charge is 0.185 e. The third kappa shape index (κ3) is 54.4. The van der Waals surface area contributed by atoms with Crippen molar-refractivity contribution in [3.05, 3.63) is 0 Å². The Bertz CT molecular complexity index is 2480. The van der Waals surface area contributed by atoms with Crippen LogP contribution in [-0.4, -0.2) is 258 Å². The Morgan fingerprint density at radius 3 is 0.527 bits per heavy atom. The minimum Gasteiger partial charge on any atom is -0.396 e. The number of carbonyl (C=O) groups is 5. The molecule has 6 unspecified atom stereocenters. The van der Waals surface area contributed by atoms with E-state index in [2.05, 4.69) is 194 Å². The average molecular weight is 1860 g/mol. The molecular formula is C102H204O27. The zero-order valence-corrected chi connectivity index (χ0v) is 87.6.